The Morgan fingerprint density at radius 3 is 2.68 bits per heavy atom. The number of hydrogen-bond acceptors (Lipinski definition) is 4. The maximum absolute atomic E-state index is 10.2. The maximum Gasteiger partial charge on any atom is 0.0957 e. The Labute approximate surface area is 118 Å². The maximum atomic E-state index is 10.2. The van der Waals surface area contributed by atoms with Gasteiger partial charge in [0.1, 0.15) is 0 Å². The van der Waals surface area contributed by atoms with Gasteiger partial charge >= 0.3 is 0 Å². The summed E-state index contributed by atoms with van der Waals surface area (Å²) in [5.74, 6) is 0. The monoisotopic (exact) mass is 276 g/mol. The molecule has 0 saturated carbocycles. The fourth-order valence-corrected chi connectivity index (χ4v) is 2.86. The first-order chi connectivity index (χ1) is 8.86. The molecule has 0 radical (unpaired) electrons. The van der Waals surface area contributed by atoms with E-state index < -0.39 is 6.10 Å². The number of hydrogen-bond donors (Lipinski definition) is 2. The van der Waals surface area contributed by atoms with Crippen molar-refractivity contribution >= 4 is 17.0 Å². The minimum Gasteiger partial charge on any atom is -0.399 e. The zero-order chi connectivity index (χ0) is 14.0. The molecule has 1 atom stereocenters. The largest absolute Gasteiger partial charge is 0.399 e. The molecule has 1 unspecified atom stereocenters. The second-order valence-electron chi connectivity index (χ2n) is 5.77. The smallest absolute Gasteiger partial charge is 0.0957 e. The molecule has 2 rings (SSSR count). The lowest BCUT2D eigenvalue weighted by Gasteiger charge is -2.14. The van der Waals surface area contributed by atoms with Crippen LogP contribution in [-0.4, -0.2) is 10.1 Å². The van der Waals surface area contributed by atoms with E-state index in [0.29, 0.717) is 12.1 Å². The van der Waals surface area contributed by atoms with E-state index in [-0.39, 0.29) is 5.41 Å². The van der Waals surface area contributed by atoms with E-state index in [4.69, 9.17) is 5.73 Å². The first kappa shape index (κ1) is 14.0. The van der Waals surface area contributed by atoms with Crippen molar-refractivity contribution in [2.75, 3.05) is 5.73 Å². The van der Waals surface area contributed by atoms with Crippen molar-refractivity contribution < 1.29 is 5.11 Å². The Bertz CT molecular complexity index is 557. The van der Waals surface area contributed by atoms with Crippen LogP contribution in [0.5, 0.6) is 0 Å². The van der Waals surface area contributed by atoms with Gasteiger partial charge in [-0.25, -0.2) is 4.98 Å². The third-order valence-electron chi connectivity index (χ3n) is 2.98. The zero-order valence-electron chi connectivity index (χ0n) is 11.6. The molecule has 3 N–H and O–H groups in total. The summed E-state index contributed by atoms with van der Waals surface area (Å²) in [6.07, 6.45) is -0.0213. The number of nitrogens with two attached hydrogens (primary N) is 1. The molecule has 0 fully saturated rings. The molecule has 0 bridgehead atoms. The molecule has 1 heterocycles. The van der Waals surface area contributed by atoms with E-state index in [1.54, 1.807) is 11.3 Å². The van der Waals surface area contributed by atoms with Crippen LogP contribution in [0.2, 0.25) is 0 Å². The Morgan fingerprint density at radius 2 is 2.11 bits per heavy atom. The van der Waals surface area contributed by atoms with Crippen molar-refractivity contribution in [2.24, 2.45) is 0 Å². The molecule has 102 valence electrons. The average Bonchev–Trinajstić information content (AvgIpc) is 2.77. The van der Waals surface area contributed by atoms with Gasteiger partial charge < -0.3 is 10.8 Å². The summed E-state index contributed by atoms with van der Waals surface area (Å²) < 4.78 is 0. The van der Waals surface area contributed by atoms with Crippen molar-refractivity contribution in [3.05, 3.63) is 45.9 Å². The van der Waals surface area contributed by atoms with Gasteiger partial charge in [0.2, 0.25) is 0 Å². The van der Waals surface area contributed by atoms with Crippen LogP contribution in [0, 0.1) is 0 Å². The highest BCUT2D eigenvalue weighted by Crippen LogP contribution is 2.27. The van der Waals surface area contributed by atoms with Gasteiger partial charge in [0.05, 0.1) is 16.8 Å². The van der Waals surface area contributed by atoms with Gasteiger partial charge in [0.15, 0.2) is 0 Å². The zero-order valence-corrected chi connectivity index (χ0v) is 12.4. The van der Waals surface area contributed by atoms with Gasteiger partial charge in [-0.1, -0.05) is 32.9 Å². The molecule has 1 aromatic carbocycles. The molecule has 3 nitrogen and oxygen atoms in total. The number of benzene rings is 1. The summed E-state index contributed by atoms with van der Waals surface area (Å²) in [7, 11) is 0. The fraction of sp³-hybridized carbons (Fsp3) is 0.400. The molecule has 2 aromatic rings. The van der Waals surface area contributed by atoms with Crippen LogP contribution in [0.3, 0.4) is 0 Å². The van der Waals surface area contributed by atoms with Gasteiger partial charge in [-0.15, -0.1) is 11.3 Å². The molecular weight excluding hydrogens is 256 g/mol. The first-order valence-electron chi connectivity index (χ1n) is 6.34. The van der Waals surface area contributed by atoms with E-state index in [2.05, 4.69) is 31.1 Å². The van der Waals surface area contributed by atoms with Gasteiger partial charge in [0.25, 0.3) is 0 Å². The summed E-state index contributed by atoms with van der Waals surface area (Å²) in [4.78, 5) is 4.60. The highest BCUT2D eigenvalue weighted by Gasteiger charge is 2.19. The van der Waals surface area contributed by atoms with Crippen LogP contribution in [0.4, 0.5) is 5.69 Å². The molecule has 1 aromatic heterocycles. The van der Waals surface area contributed by atoms with Crippen molar-refractivity contribution in [3.63, 3.8) is 0 Å². The Kier molecular flexibility index (Phi) is 3.92. The first-order valence-corrected chi connectivity index (χ1v) is 7.22. The van der Waals surface area contributed by atoms with Crippen LogP contribution in [0.15, 0.2) is 29.6 Å². The second kappa shape index (κ2) is 5.31. The van der Waals surface area contributed by atoms with Gasteiger partial charge in [0, 0.05) is 22.9 Å². The fourth-order valence-electron chi connectivity index (χ4n) is 1.80. The summed E-state index contributed by atoms with van der Waals surface area (Å²) in [5, 5.41) is 13.3. The van der Waals surface area contributed by atoms with Crippen LogP contribution >= 0.6 is 11.3 Å². The van der Waals surface area contributed by atoms with Crippen LogP contribution in [0.1, 0.15) is 43.1 Å². The van der Waals surface area contributed by atoms with Crippen molar-refractivity contribution in [2.45, 2.75) is 38.7 Å². The number of nitrogens with zero attached hydrogens (tertiary/aromatic N) is 1. The lowest BCUT2D eigenvalue weighted by molar-refractivity contribution is 0.178. The standard InChI is InChI=1S/C15H20N2OS/c1-15(2,3)13-9-19-14(17-13)8-12(18)10-5-4-6-11(16)7-10/h4-7,9,12,18H,8,16H2,1-3H3. The molecule has 0 saturated heterocycles. The van der Waals surface area contributed by atoms with Crippen molar-refractivity contribution in [3.8, 4) is 0 Å². The Morgan fingerprint density at radius 1 is 1.37 bits per heavy atom. The van der Waals surface area contributed by atoms with Crippen LogP contribution in [-0.2, 0) is 11.8 Å². The van der Waals surface area contributed by atoms with Crippen LogP contribution in [0.25, 0.3) is 0 Å². The minimum absolute atomic E-state index is 0.0525. The number of rotatable bonds is 3. The number of anilines is 1. The average molecular weight is 276 g/mol. The van der Waals surface area contributed by atoms with E-state index >= 15 is 0 Å². The topological polar surface area (TPSA) is 59.1 Å². The highest BCUT2D eigenvalue weighted by molar-refractivity contribution is 7.09. The third kappa shape index (κ3) is 3.55. The third-order valence-corrected chi connectivity index (χ3v) is 3.85. The molecule has 0 amide bonds. The van der Waals surface area contributed by atoms with E-state index in [9.17, 15) is 5.11 Å². The van der Waals surface area contributed by atoms with Crippen LogP contribution < -0.4 is 5.73 Å². The summed E-state index contributed by atoms with van der Waals surface area (Å²) in [6, 6.07) is 7.37. The predicted octanol–water partition coefficient (Wildman–Crippen LogP) is 3.30. The number of nitrogen functional groups attached to an aromatic ring is 1. The quantitative estimate of drug-likeness (QED) is 0.846. The Balaban J connectivity index is 2.11. The molecule has 0 aliphatic heterocycles. The van der Waals surface area contributed by atoms with E-state index in [0.717, 1.165) is 16.3 Å². The van der Waals surface area contributed by atoms with Gasteiger partial charge in [-0.05, 0) is 17.7 Å². The normalized spacial score (nSPS) is 13.5. The minimum atomic E-state index is -0.553. The molecular formula is C15H20N2OS. The lowest BCUT2D eigenvalue weighted by Crippen LogP contribution is -2.12. The molecule has 0 aliphatic carbocycles. The predicted molar refractivity (Wildman–Crippen MR) is 80.3 cm³/mol. The molecule has 0 spiro atoms. The van der Waals surface area contributed by atoms with Gasteiger partial charge in [-0.2, -0.15) is 0 Å². The molecule has 0 aliphatic rings. The second-order valence-corrected chi connectivity index (χ2v) is 6.71. The number of aliphatic hydroxyl groups is 1. The van der Waals surface area contributed by atoms with Crippen molar-refractivity contribution in [1.29, 1.82) is 0 Å². The van der Waals surface area contributed by atoms with Gasteiger partial charge in [-0.3, -0.25) is 0 Å². The van der Waals surface area contributed by atoms with E-state index in [1.807, 2.05) is 24.3 Å². The Hall–Kier alpha value is -1.39. The van der Waals surface area contributed by atoms with E-state index in [1.165, 1.54) is 0 Å². The number of aliphatic hydroxyl groups excluding tert-OH is 1. The molecule has 19 heavy (non-hydrogen) atoms. The summed E-state index contributed by atoms with van der Waals surface area (Å²) in [6.45, 7) is 6.42. The SMILES string of the molecule is CC(C)(C)c1csc(CC(O)c2cccc(N)c2)n1. The number of aromatic nitrogens is 1. The summed E-state index contributed by atoms with van der Waals surface area (Å²) >= 11 is 1.60. The summed E-state index contributed by atoms with van der Waals surface area (Å²) in [5.41, 5.74) is 8.37. The van der Waals surface area contributed by atoms with Crippen molar-refractivity contribution in [1.82, 2.24) is 4.98 Å². The highest BCUT2D eigenvalue weighted by atomic mass is 32.1. The lowest BCUT2D eigenvalue weighted by atomic mass is 9.93. The number of thiazole rings is 1. The molecule has 4 heteroatoms.